The molecule has 0 aliphatic carbocycles. The molecule has 12 unspecified atom stereocenters. The predicted molar refractivity (Wildman–Crippen MR) is 471 cm³/mol. The maximum absolute atomic E-state index is 14.3. The number of halogens is 36. The fraction of sp³-hybridized carbons (Fsp3) is 1.00. The van der Waals surface area contributed by atoms with Crippen molar-refractivity contribution in [1.82, 2.24) is 32.7 Å². The molecule has 12 atom stereocenters. The van der Waals surface area contributed by atoms with Crippen molar-refractivity contribution >= 4 is 211 Å². The van der Waals surface area contributed by atoms with Gasteiger partial charge in [-0.25, -0.2) is 32.7 Å². The highest BCUT2D eigenvalue weighted by Crippen LogP contribution is 2.90. The van der Waals surface area contributed by atoms with E-state index >= 15 is 0 Å². The Morgan fingerprint density at radius 1 is 0.268 bits per heavy atom. The number of thiol groups is 2. The van der Waals surface area contributed by atoms with Crippen LogP contribution in [0.4, 0.5) is 151 Å². The van der Waals surface area contributed by atoms with Gasteiger partial charge in [0.15, 0.2) is 0 Å². The number of hydrogen-bond acceptors (Lipinski definition) is 34. The summed E-state index contributed by atoms with van der Waals surface area (Å²) in [5, 5.41) is 0. The molecule has 8 aliphatic rings. The summed E-state index contributed by atoms with van der Waals surface area (Å²) in [5.41, 5.74) is -1.06. The first kappa shape index (κ1) is 128. The smallest absolute Gasteiger partial charge is 0.307 e. The lowest BCUT2D eigenvalue weighted by Crippen LogP contribution is -2.20. The maximum Gasteiger partial charge on any atom is 0.424 e. The average Bonchev–Trinajstić information content (AvgIpc) is 0.840. The highest BCUT2D eigenvalue weighted by molar-refractivity contribution is 7.94. The second-order valence-electron chi connectivity index (χ2n) is 24.6. The second-order valence-corrected chi connectivity index (χ2v) is 73.9. The van der Waals surface area contributed by atoms with E-state index < -0.39 is 209 Å². The van der Waals surface area contributed by atoms with Crippen molar-refractivity contribution < 1.29 is 156 Å². The van der Waals surface area contributed by atoms with Gasteiger partial charge in [0, 0.05) is 65.2 Å². The number of unbranched alkanes of at least 4 members (excludes halogenated alkanes) is 1. The lowest BCUT2D eigenvalue weighted by Gasteiger charge is -2.27. The van der Waals surface area contributed by atoms with Gasteiger partial charge in [-0.1, -0.05) is 54.9 Å². The molecular formula is C33H85F36N31OP24S2. The van der Waals surface area contributed by atoms with E-state index in [1.165, 1.54) is 49.0 Å². The Bertz CT molecular complexity index is 5320. The van der Waals surface area contributed by atoms with Crippen LogP contribution in [0.3, 0.4) is 0 Å². The van der Waals surface area contributed by atoms with Crippen molar-refractivity contribution in [3.63, 3.8) is 0 Å². The molecule has 8 heterocycles. The maximum atomic E-state index is 14.3. The lowest BCUT2D eigenvalue weighted by atomic mass is 10.4. The largest absolute Gasteiger partial charge is 0.424 e. The highest BCUT2D eigenvalue weighted by atomic mass is 32.1. The topological polar surface area (TPSA) is 329 Å². The van der Waals surface area contributed by atoms with Crippen LogP contribution in [0.2, 0.25) is 0 Å². The first-order valence-corrected chi connectivity index (χ1v) is 72.2. The number of nitrogens with zero attached hydrogens (tertiary/aromatic N) is 31. The van der Waals surface area contributed by atoms with Crippen LogP contribution in [0, 0.1) is 0 Å². The van der Waals surface area contributed by atoms with Crippen LogP contribution in [0.25, 0.3) is 0 Å². The molecule has 0 bridgehead atoms. The molecule has 0 saturated carbocycles. The van der Waals surface area contributed by atoms with E-state index in [-0.39, 0.29) is 45.7 Å². The lowest BCUT2D eigenvalue weighted by molar-refractivity contribution is 0.420. The van der Waals surface area contributed by atoms with Gasteiger partial charge in [-0.05, 0) is 88.9 Å². The summed E-state index contributed by atoms with van der Waals surface area (Å²) in [5.74, 6) is 0. The van der Waals surface area contributed by atoms with Crippen LogP contribution in [-0.2, 0) is 4.52 Å². The minimum Gasteiger partial charge on any atom is -0.307 e. The monoisotopic (exact) mass is 2420 g/mol. The minimum atomic E-state index is -5.59. The molecular weight excluding hydrogens is 2340 g/mol. The fourth-order valence-corrected chi connectivity index (χ4v) is 63.3. The normalized spacial score (nSPS) is 34.7. The zero-order valence-corrected chi connectivity index (χ0v) is 91.2. The molecule has 127 heavy (non-hydrogen) atoms. The Hall–Kier alpha value is 3.38. The average molecular weight is 2420 g/mol. The summed E-state index contributed by atoms with van der Waals surface area (Å²) in [4.78, 5) is 0. The number of rotatable bonds is 23. The van der Waals surface area contributed by atoms with E-state index in [1.54, 1.807) is 41.5 Å². The van der Waals surface area contributed by atoms with E-state index in [9.17, 15) is 151 Å². The molecule has 0 fully saturated rings. The van der Waals surface area contributed by atoms with Gasteiger partial charge in [0.1, 0.15) is 0 Å². The molecule has 94 heteroatoms. The SMILES string of the molecule is CC(C)N(C)P1(F)=NP(F)(F)=NP(F)(F)=N1.CCCCP1(F)=NP(F)(F)=NP(F)(F)=N1.CCCN(C)P1(F)=NP(F)(F)=NP(F)(F)=N1.CCCN(CCC)P1(F)=NP(F)(F)=NP(F)(F)=N1.CCN(C)P1(F)=NP(F)(F)=NP(F)(F)=N1.CCN(CC)P1(F)=NP(F)(F)=NP(C)(F)=N1.CN(C)P1(F)=NP(F)(F)=NP(F)(CS)=N1.COP1(F)=NP(F)(CS)=NP(F)(N(C)C)=N1. The van der Waals surface area contributed by atoms with Crippen molar-refractivity contribution in [2.45, 2.75) is 100 Å². The number of hydrogen-bond donors (Lipinski definition) is 2. The van der Waals surface area contributed by atoms with Gasteiger partial charge in [0.05, 0.1) is 11.0 Å². The standard InChI is InChI=1S/C6H14F5N4P3.C5H13F4N4P3.2C4H10F5N4P3.C4H9F5N3P3.C4H12F3N4OP3S.C3H8F5N4P3.C3H9F4N4P3S/c1-3-5-15(6-4-2)18(11)13-16(7,8)12-17(9,10)14-18;1-4-13(5-2)16(9)11-14(3,6)10-15(7,8)12-16;1-4(2)13(3)16(9)11-14(5,6)10-15(7,8)12-16;1-3-4-13(2)16(9)11-14(5,6)10-15(7,8)12-16;1-2-3-4-13(5)10-14(6,7)12-15(8,9)11-13;1-11(2)14(6)8-13(5,4-16)9-15(7,10-14)12-3;1-3-12(2)15(8)10-13(4,5)9-14(6,7)11-15;1-11(2)14(7)9-12(4,3-15)8-13(5,6)10-14/h3-6H2,1-2H3;4-5H2,1-3H3;4H,1-3H3;3-4H2,1-2H3;2-4H2,1H3;16H,4H2,1-3H3;3H2,1-2H3;15H,3H2,1-2H3. The summed E-state index contributed by atoms with van der Waals surface area (Å²) >= 11 is 7.22. The van der Waals surface area contributed by atoms with Crippen LogP contribution in [0.1, 0.15) is 94.4 Å². The first-order chi connectivity index (χ1) is 56.5. The van der Waals surface area contributed by atoms with E-state index in [1.807, 2.05) is 22.6 Å². The van der Waals surface area contributed by atoms with E-state index in [0.29, 0.717) is 30.4 Å². The molecule has 0 spiro atoms. The summed E-state index contributed by atoms with van der Waals surface area (Å²) in [6.07, 6.45) is 1.63. The minimum absolute atomic E-state index is 0.0305. The van der Waals surface area contributed by atoms with Gasteiger partial charge in [-0.3, -0.25) is 0 Å². The van der Waals surface area contributed by atoms with E-state index in [4.69, 9.17) is 0 Å². The Morgan fingerprint density at radius 3 is 0.866 bits per heavy atom. The van der Waals surface area contributed by atoms with Crippen LogP contribution in [0.15, 0.2) is 108 Å². The van der Waals surface area contributed by atoms with Crippen molar-refractivity contribution in [2.24, 2.45) is 108 Å². The molecule has 0 N–H and O–H groups in total. The molecule has 0 aromatic heterocycles. The molecule has 0 aromatic rings. The fourth-order valence-electron chi connectivity index (χ4n) is 7.97. The predicted octanol–water partition coefficient (Wildman–Crippen LogP) is 47.0. The third-order valence-electron chi connectivity index (χ3n) is 13.4. The van der Waals surface area contributed by atoms with Crippen LogP contribution < -0.4 is 0 Å². The van der Waals surface area contributed by atoms with Crippen LogP contribution in [-0.4, -0.2) is 158 Å². The van der Waals surface area contributed by atoms with Gasteiger partial charge in [0.25, 0.3) is 22.5 Å². The van der Waals surface area contributed by atoms with Crippen molar-refractivity contribution in [1.29, 1.82) is 0 Å². The molecule has 762 valence electrons. The quantitative estimate of drug-likeness (QED) is 0.0561. The Labute approximate surface area is 723 Å². The van der Waals surface area contributed by atoms with Gasteiger partial charge in [-0.2, -0.15) is 112 Å². The van der Waals surface area contributed by atoms with E-state index in [0.717, 1.165) is 62.9 Å². The highest BCUT2D eigenvalue weighted by Gasteiger charge is 2.49. The van der Waals surface area contributed by atoms with Gasteiger partial charge in [-0.15, -0.1) is 173 Å². The zero-order valence-electron chi connectivity index (χ0n) is 68.0. The third kappa shape index (κ3) is 42.5. The van der Waals surface area contributed by atoms with Crippen LogP contribution >= 0.6 is 211 Å². The van der Waals surface area contributed by atoms with Crippen LogP contribution in [0.5, 0.6) is 0 Å². The Balaban J connectivity index is 0.000000726. The summed E-state index contributed by atoms with van der Waals surface area (Å²) < 4.78 is 547. The first-order valence-electron chi connectivity index (χ1n) is 33.6. The summed E-state index contributed by atoms with van der Waals surface area (Å²) in [6.45, 7) is 15.6. The molecule has 0 saturated heterocycles. The summed E-state index contributed by atoms with van der Waals surface area (Å²) in [6, 6.07) is -0.552. The Morgan fingerprint density at radius 2 is 0.551 bits per heavy atom. The van der Waals surface area contributed by atoms with Crippen molar-refractivity contribution in [3.05, 3.63) is 0 Å². The molecule has 0 radical (unpaired) electrons. The molecule has 0 amide bonds. The van der Waals surface area contributed by atoms with Crippen molar-refractivity contribution in [2.75, 3.05) is 120 Å². The third-order valence-corrected chi connectivity index (χ3v) is 69.9. The molecule has 8 rings (SSSR count). The molecule has 0 aromatic carbocycles. The second kappa shape index (κ2) is 48.2. The zero-order chi connectivity index (χ0) is 100. The van der Waals surface area contributed by atoms with E-state index in [2.05, 4.69) is 116 Å². The Kier molecular flexibility index (Phi) is 48.7. The van der Waals surface area contributed by atoms with Gasteiger partial charge >= 0.3 is 155 Å². The molecule has 8 aliphatic heterocycles. The summed E-state index contributed by atoms with van der Waals surface area (Å²) in [7, 11) is -109. The molecule has 32 nitrogen and oxygen atoms in total. The van der Waals surface area contributed by atoms with Crippen molar-refractivity contribution in [3.8, 4) is 0 Å². The van der Waals surface area contributed by atoms with Gasteiger partial charge in [0.2, 0.25) is 7.52 Å². The van der Waals surface area contributed by atoms with Gasteiger partial charge < -0.3 is 4.52 Å².